The molecule has 0 aliphatic heterocycles. The van der Waals surface area contributed by atoms with Crippen LogP contribution < -0.4 is 4.87 Å². The molecule has 0 amide bonds. The van der Waals surface area contributed by atoms with E-state index in [4.69, 9.17) is 0 Å². The molecule has 1 aromatic carbocycles. The molecule has 72 valence electrons. The van der Waals surface area contributed by atoms with Gasteiger partial charge in [0.2, 0.25) is 0 Å². The molecule has 0 aliphatic rings. The van der Waals surface area contributed by atoms with Crippen molar-refractivity contribution in [3.63, 3.8) is 0 Å². The number of thiazole rings is 1. The van der Waals surface area contributed by atoms with Gasteiger partial charge in [-0.05, 0) is 12.1 Å². The maximum Gasteiger partial charge on any atom is 0.421 e. The minimum Gasteiger partial charge on any atom is -0.452 e. The van der Waals surface area contributed by atoms with Crippen molar-refractivity contribution in [2.45, 2.75) is 0 Å². The lowest BCUT2D eigenvalue weighted by Crippen LogP contribution is -2.21. The molecule has 0 fully saturated rings. The zero-order valence-corrected chi connectivity index (χ0v) is 8.21. The number of benzene rings is 1. The maximum absolute atomic E-state index is 11.4. The fourth-order valence-corrected chi connectivity index (χ4v) is 2.09. The van der Waals surface area contributed by atoms with E-state index in [1.807, 2.05) is 6.07 Å². The molecule has 5 heteroatoms. The molecule has 14 heavy (non-hydrogen) atoms. The minimum atomic E-state index is -0.646. The summed E-state index contributed by atoms with van der Waals surface area (Å²) in [6, 6.07) is 7.10. The van der Waals surface area contributed by atoms with E-state index in [2.05, 4.69) is 4.74 Å². The highest BCUT2D eigenvalue weighted by Crippen LogP contribution is 2.16. The van der Waals surface area contributed by atoms with Gasteiger partial charge in [-0.25, -0.2) is 9.36 Å². The molecule has 2 rings (SSSR count). The van der Waals surface area contributed by atoms with Crippen molar-refractivity contribution in [2.75, 3.05) is 7.11 Å². The first-order valence-electron chi connectivity index (χ1n) is 3.93. The molecule has 0 atom stereocenters. The standard InChI is InChI=1S/C9H7NO3S/c1-13-8(11)10-6-4-2-3-5-7(6)14-9(10)12/h2-5H,1H3. The number of hydrogen-bond acceptors (Lipinski definition) is 4. The second-order valence-electron chi connectivity index (χ2n) is 2.64. The monoisotopic (exact) mass is 209 g/mol. The second-order valence-corrected chi connectivity index (χ2v) is 3.63. The molecule has 1 aromatic heterocycles. The number of methoxy groups -OCH3 is 1. The lowest BCUT2D eigenvalue weighted by Gasteiger charge is -1.98. The van der Waals surface area contributed by atoms with Gasteiger partial charge >= 0.3 is 11.0 Å². The first-order chi connectivity index (χ1) is 6.74. The summed E-state index contributed by atoms with van der Waals surface area (Å²) in [5.41, 5.74) is 0.592. The number of carbonyl (C=O) groups is 1. The Morgan fingerprint density at radius 1 is 1.43 bits per heavy atom. The van der Waals surface area contributed by atoms with Crippen LogP contribution in [0.1, 0.15) is 0 Å². The van der Waals surface area contributed by atoms with Crippen molar-refractivity contribution < 1.29 is 9.53 Å². The molecule has 0 saturated carbocycles. The highest BCUT2D eigenvalue weighted by Gasteiger charge is 2.13. The van der Waals surface area contributed by atoms with Gasteiger partial charge in [0.25, 0.3) is 0 Å². The van der Waals surface area contributed by atoms with E-state index in [-0.39, 0.29) is 4.87 Å². The van der Waals surface area contributed by atoms with Crippen LogP contribution in [0.15, 0.2) is 29.1 Å². The predicted octanol–water partition coefficient (Wildman–Crippen LogP) is 1.68. The number of ether oxygens (including phenoxy) is 1. The topological polar surface area (TPSA) is 48.3 Å². The normalized spacial score (nSPS) is 10.4. The van der Waals surface area contributed by atoms with Gasteiger partial charge in [0.1, 0.15) is 0 Å². The van der Waals surface area contributed by atoms with Crippen molar-refractivity contribution in [3.05, 3.63) is 33.9 Å². The SMILES string of the molecule is COC(=O)n1c(=O)sc2ccccc21. The third-order valence-electron chi connectivity index (χ3n) is 1.84. The van der Waals surface area contributed by atoms with Gasteiger partial charge in [-0.3, -0.25) is 4.79 Å². The van der Waals surface area contributed by atoms with Crippen molar-refractivity contribution in [1.29, 1.82) is 0 Å². The Hall–Kier alpha value is -1.62. The third-order valence-corrected chi connectivity index (χ3v) is 2.77. The Morgan fingerprint density at radius 3 is 2.86 bits per heavy atom. The molecule has 0 radical (unpaired) electrons. The fourth-order valence-electron chi connectivity index (χ4n) is 1.23. The number of hydrogen-bond donors (Lipinski definition) is 0. The number of rotatable bonds is 0. The predicted molar refractivity (Wildman–Crippen MR) is 53.9 cm³/mol. The molecule has 0 N–H and O–H groups in total. The summed E-state index contributed by atoms with van der Waals surface area (Å²) in [6.45, 7) is 0. The average Bonchev–Trinajstić information content (AvgIpc) is 2.53. The van der Waals surface area contributed by atoms with Gasteiger partial charge in [0.05, 0.1) is 17.3 Å². The zero-order valence-electron chi connectivity index (χ0n) is 7.39. The number of aromatic nitrogens is 1. The van der Waals surface area contributed by atoms with E-state index in [0.29, 0.717) is 5.52 Å². The summed E-state index contributed by atoms with van der Waals surface area (Å²) in [6.07, 6.45) is -0.646. The summed E-state index contributed by atoms with van der Waals surface area (Å²) < 4.78 is 6.32. The lowest BCUT2D eigenvalue weighted by molar-refractivity contribution is 0.173. The second kappa shape index (κ2) is 3.26. The lowest BCUT2D eigenvalue weighted by atomic mass is 10.3. The van der Waals surface area contributed by atoms with Crippen LogP contribution in [0.4, 0.5) is 4.79 Å². The van der Waals surface area contributed by atoms with Crippen molar-refractivity contribution in [3.8, 4) is 0 Å². The average molecular weight is 209 g/mol. The van der Waals surface area contributed by atoms with Gasteiger partial charge < -0.3 is 4.74 Å². The van der Waals surface area contributed by atoms with Crippen LogP contribution in [0.3, 0.4) is 0 Å². The summed E-state index contributed by atoms with van der Waals surface area (Å²) in [7, 11) is 1.25. The summed E-state index contributed by atoms with van der Waals surface area (Å²) in [4.78, 5) is 22.4. The van der Waals surface area contributed by atoms with Crippen LogP contribution in [0.5, 0.6) is 0 Å². The van der Waals surface area contributed by atoms with Crippen molar-refractivity contribution >= 4 is 27.6 Å². The number of nitrogens with zero attached hydrogens (tertiary/aromatic N) is 1. The van der Waals surface area contributed by atoms with Crippen molar-refractivity contribution in [1.82, 2.24) is 4.57 Å². The Labute approximate surface area is 83.3 Å². The molecule has 0 spiro atoms. The van der Waals surface area contributed by atoms with Crippen LogP contribution in [-0.4, -0.2) is 17.8 Å². The molecule has 2 aromatic rings. The van der Waals surface area contributed by atoms with E-state index in [0.717, 1.165) is 20.6 Å². The van der Waals surface area contributed by atoms with Crippen LogP contribution in [0.2, 0.25) is 0 Å². The Bertz CT molecular complexity index is 540. The highest BCUT2D eigenvalue weighted by molar-refractivity contribution is 7.16. The van der Waals surface area contributed by atoms with Crippen LogP contribution in [0, 0.1) is 0 Å². The van der Waals surface area contributed by atoms with E-state index in [1.165, 1.54) is 7.11 Å². The van der Waals surface area contributed by atoms with Gasteiger partial charge in [-0.2, -0.15) is 0 Å². The number of para-hydroxylation sites is 1. The third kappa shape index (κ3) is 1.22. The zero-order chi connectivity index (χ0) is 10.1. The fraction of sp³-hybridized carbons (Fsp3) is 0.111. The maximum atomic E-state index is 11.4. The Kier molecular flexibility index (Phi) is 2.09. The van der Waals surface area contributed by atoms with E-state index < -0.39 is 6.09 Å². The van der Waals surface area contributed by atoms with E-state index in [1.54, 1.807) is 18.2 Å². The molecule has 4 nitrogen and oxygen atoms in total. The Balaban J connectivity index is 2.81. The molecular formula is C9H7NO3S. The largest absolute Gasteiger partial charge is 0.452 e. The quantitative estimate of drug-likeness (QED) is 0.663. The first kappa shape index (κ1) is 8.96. The molecule has 1 heterocycles. The van der Waals surface area contributed by atoms with Crippen LogP contribution in [0.25, 0.3) is 10.2 Å². The summed E-state index contributed by atoms with van der Waals surface area (Å²) in [5.74, 6) is 0. The van der Waals surface area contributed by atoms with Gasteiger partial charge in [0, 0.05) is 0 Å². The highest BCUT2D eigenvalue weighted by atomic mass is 32.1. The van der Waals surface area contributed by atoms with E-state index >= 15 is 0 Å². The van der Waals surface area contributed by atoms with Gasteiger partial charge in [0.15, 0.2) is 0 Å². The summed E-state index contributed by atoms with van der Waals surface area (Å²) >= 11 is 1.03. The van der Waals surface area contributed by atoms with Gasteiger partial charge in [-0.15, -0.1) is 0 Å². The van der Waals surface area contributed by atoms with Crippen molar-refractivity contribution in [2.24, 2.45) is 0 Å². The molecule has 0 aliphatic carbocycles. The van der Waals surface area contributed by atoms with Crippen LogP contribution >= 0.6 is 11.3 Å². The first-order valence-corrected chi connectivity index (χ1v) is 4.74. The minimum absolute atomic E-state index is 0.321. The van der Waals surface area contributed by atoms with Gasteiger partial charge in [-0.1, -0.05) is 23.5 Å². The Morgan fingerprint density at radius 2 is 2.14 bits per heavy atom. The summed E-state index contributed by atoms with van der Waals surface area (Å²) in [5, 5.41) is 0. The molecule has 0 bridgehead atoms. The number of carbonyl (C=O) groups excluding carboxylic acids is 1. The smallest absolute Gasteiger partial charge is 0.421 e. The van der Waals surface area contributed by atoms with Crippen LogP contribution in [-0.2, 0) is 4.74 Å². The molecule has 0 saturated heterocycles. The van der Waals surface area contributed by atoms with E-state index in [9.17, 15) is 9.59 Å². The molecule has 0 unspecified atom stereocenters. The molecular weight excluding hydrogens is 202 g/mol. The number of fused-ring (bicyclic) bond motifs is 1.